The summed E-state index contributed by atoms with van der Waals surface area (Å²) in [5.74, 6) is 0.510. The van der Waals surface area contributed by atoms with Gasteiger partial charge in [-0.2, -0.15) is 0 Å². The molecule has 0 aliphatic carbocycles. The molecule has 4 heterocycles. The SMILES string of the molecule is O=c1cc(-c2ccnc(NC3CCOCC3)n2)ccn1C(F)c1ccc2cc[nH]c2c1. The van der Waals surface area contributed by atoms with Gasteiger partial charge in [-0.3, -0.25) is 9.36 Å². The molecule has 1 saturated heterocycles. The predicted octanol–water partition coefficient (Wildman–Crippen LogP) is 3.89. The average Bonchev–Trinajstić information content (AvgIpc) is 3.27. The van der Waals surface area contributed by atoms with Crippen LogP contribution in [0.1, 0.15) is 24.7 Å². The molecule has 1 aliphatic rings. The molecule has 1 unspecified atom stereocenters. The summed E-state index contributed by atoms with van der Waals surface area (Å²) < 4.78 is 21.6. The van der Waals surface area contributed by atoms with Crippen molar-refractivity contribution in [3.05, 3.63) is 77.0 Å². The first-order valence-electron chi connectivity index (χ1n) is 10.3. The molecule has 158 valence electrons. The predicted molar refractivity (Wildman–Crippen MR) is 117 cm³/mol. The highest BCUT2D eigenvalue weighted by atomic mass is 19.1. The van der Waals surface area contributed by atoms with E-state index in [1.807, 2.05) is 12.1 Å². The molecule has 31 heavy (non-hydrogen) atoms. The van der Waals surface area contributed by atoms with Gasteiger partial charge in [0, 0.05) is 60.6 Å². The van der Waals surface area contributed by atoms with Crippen molar-refractivity contribution in [3.63, 3.8) is 0 Å². The maximum Gasteiger partial charge on any atom is 0.253 e. The molecule has 0 saturated carbocycles. The second-order valence-corrected chi connectivity index (χ2v) is 7.62. The molecule has 1 aromatic carbocycles. The molecule has 0 amide bonds. The molecule has 2 N–H and O–H groups in total. The third kappa shape index (κ3) is 4.06. The lowest BCUT2D eigenvalue weighted by Crippen LogP contribution is -2.28. The lowest BCUT2D eigenvalue weighted by Gasteiger charge is -2.23. The van der Waals surface area contributed by atoms with Gasteiger partial charge in [0.2, 0.25) is 12.2 Å². The number of halogens is 1. The molecular formula is C23H22FN5O2. The molecule has 3 aromatic heterocycles. The number of aromatic amines is 1. The van der Waals surface area contributed by atoms with Crippen molar-refractivity contribution >= 4 is 16.9 Å². The van der Waals surface area contributed by atoms with Gasteiger partial charge in [0.1, 0.15) is 0 Å². The minimum Gasteiger partial charge on any atom is -0.381 e. The van der Waals surface area contributed by atoms with Crippen LogP contribution in [0.2, 0.25) is 0 Å². The van der Waals surface area contributed by atoms with Gasteiger partial charge in [0.15, 0.2) is 0 Å². The zero-order valence-electron chi connectivity index (χ0n) is 16.8. The van der Waals surface area contributed by atoms with Crippen LogP contribution in [0, 0.1) is 0 Å². The lowest BCUT2D eigenvalue weighted by atomic mass is 10.1. The maximum atomic E-state index is 15.1. The Morgan fingerprint density at radius 3 is 2.87 bits per heavy atom. The summed E-state index contributed by atoms with van der Waals surface area (Å²) in [5.41, 5.74) is 2.03. The smallest absolute Gasteiger partial charge is 0.253 e. The van der Waals surface area contributed by atoms with Gasteiger partial charge in [0.25, 0.3) is 5.56 Å². The van der Waals surface area contributed by atoms with Crippen LogP contribution in [0.25, 0.3) is 22.2 Å². The van der Waals surface area contributed by atoms with Crippen molar-refractivity contribution in [2.24, 2.45) is 0 Å². The molecule has 1 fully saturated rings. The second kappa shape index (κ2) is 8.31. The quantitative estimate of drug-likeness (QED) is 0.513. The fraction of sp³-hybridized carbons (Fsp3) is 0.261. The van der Waals surface area contributed by atoms with Crippen molar-refractivity contribution in [1.82, 2.24) is 19.5 Å². The van der Waals surface area contributed by atoms with Crippen LogP contribution >= 0.6 is 0 Å². The fourth-order valence-corrected chi connectivity index (χ4v) is 3.82. The molecule has 1 atom stereocenters. The average molecular weight is 419 g/mol. The highest BCUT2D eigenvalue weighted by Gasteiger charge is 2.17. The van der Waals surface area contributed by atoms with Crippen molar-refractivity contribution in [1.29, 1.82) is 0 Å². The number of hydrogen-bond donors (Lipinski definition) is 2. The van der Waals surface area contributed by atoms with E-state index in [1.54, 1.807) is 36.7 Å². The Hall–Kier alpha value is -3.52. The Kier molecular flexibility index (Phi) is 5.21. The number of rotatable bonds is 5. The van der Waals surface area contributed by atoms with Crippen LogP contribution < -0.4 is 10.9 Å². The van der Waals surface area contributed by atoms with E-state index < -0.39 is 11.9 Å². The Balaban J connectivity index is 1.38. The molecule has 0 spiro atoms. The van der Waals surface area contributed by atoms with Crippen molar-refractivity contribution in [2.75, 3.05) is 18.5 Å². The standard InChI is InChI=1S/C23H22FN5O2/c24-22(17-2-1-15-3-8-25-20(15)13-17)29-10-5-16(14-21(29)30)19-4-9-26-23(28-19)27-18-6-11-31-12-7-18/h1-5,8-10,13-14,18,22,25H,6-7,11-12H2,(H,26,27,28). The summed E-state index contributed by atoms with van der Waals surface area (Å²) in [6.45, 7) is 1.44. The number of H-pyrrole nitrogens is 1. The van der Waals surface area contributed by atoms with Crippen molar-refractivity contribution in [3.8, 4) is 11.3 Å². The largest absolute Gasteiger partial charge is 0.381 e. The molecule has 7 nitrogen and oxygen atoms in total. The van der Waals surface area contributed by atoms with E-state index in [9.17, 15) is 4.79 Å². The van der Waals surface area contributed by atoms with Gasteiger partial charge in [-0.1, -0.05) is 12.1 Å². The summed E-state index contributed by atoms with van der Waals surface area (Å²) in [4.78, 5) is 24.6. The molecule has 0 radical (unpaired) electrons. The first kappa shape index (κ1) is 19.4. The Morgan fingerprint density at radius 1 is 1.16 bits per heavy atom. The highest BCUT2D eigenvalue weighted by Crippen LogP contribution is 2.24. The number of pyridine rings is 1. The minimum absolute atomic E-state index is 0.265. The van der Waals surface area contributed by atoms with Crippen LogP contribution in [0.3, 0.4) is 0 Å². The molecule has 1 aliphatic heterocycles. The number of aromatic nitrogens is 4. The number of hydrogen-bond acceptors (Lipinski definition) is 5. The van der Waals surface area contributed by atoms with Crippen LogP contribution in [0.5, 0.6) is 0 Å². The topological polar surface area (TPSA) is 84.8 Å². The van der Waals surface area contributed by atoms with Gasteiger partial charge < -0.3 is 15.0 Å². The zero-order chi connectivity index (χ0) is 21.2. The van der Waals surface area contributed by atoms with Crippen molar-refractivity contribution < 1.29 is 9.13 Å². The zero-order valence-corrected chi connectivity index (χ0v) is 16.8. The molecule has 5 rings (SSSR count). The summed E-state index contributed by atoms with van der Waals surface area (Å²) in [6.07, 6.45) is 5.14. The third-order valence-corrected chi connectivity index (χ3v) is 5.55. The first-order valence-corrected chi connectivity index (χ1v) is 10.3. The van der Waals surface area contributed by atoms with Crippen molar-refractivity contribution in [2.45, 2.75) is 25.2 Å². The van der Waals surface area contributed by atoms with E-state index in [-0.39, 0.29) is 6.04 Å². The number of nitrogens with one attached hydrogen (secondary N) is 2. The third-order valence-electron chi connectivity index (χ3n) is 5.55. The van der Waals surface area contributed by atoms with Crippen LogP contribution in [-0.4, -0.2) is 38.8 Å². The Labute approximate surface area is 177 Å². The van der Waals surface area contributed by atoms with Crippen LogP contribution in [0.15, 0.2) is 65.8 Å². The highest BCUT2D eigenvalue weighted by molar-refractivity contribution is 5.79. The summed E-state index contributed by atoms with van der Waals surface area (Å²) in [5, 5.41) is 4.31. The number of nitrogens with zero attached hydrogens (tertiary/aromatic N) is 3. The van der Waals surface area contributed by atoms with Crippen LogP contribution in [-0.2, 0) is 4.74 Å². The summed E-state index contributed by atoms with van der Waals surface area (Å²) in [6, 6.07) is 12.3. The maximum absolute atomic E-state index is 15.1. The van der Waals surface area contributed by atoms with E-state index in [2.05, 4.69) is 20.3 Å². The van der Waals surface area contributed by atoms with E-state index in [4.69, 9.17) is 4.74 Å². The van der Waals surface area contributed by atoms with E-state index >= 15 is 4.39 Å². The van der Waals surface area contributed by atoms with E-state index in [0.29, 0.717) is 22.8 Å². The van der Waals surface area contributed by atoms with Crippen LogP contribution in [0.4, 0.5) is 10.3 Å². The van der Waals surface area contributed by atoms with Gasteiger partial charge in [-0.15, -0.1) is 0 Å². The summed E-state index contributed by atoms with van der Waals surface area (Å²) in [7, 11) is 0. The minimum atomic E-state index is -1.58. The molecule has 8 heteroatoms. The molecule has 0 bridgehead atoms. The van der Waals surface area contributed by atoms with Gasteiger partial charge in [-0.05, 0) is 42.5 Å². The number of fused-ring (bicyclic) bond motifs is 1. The lowest BCUT2D eigenvalue weighted by molar-refractivity contribution is 0.0903. The van der Waals surface area contributed by atoms with E-state index in [1.165, 1.54) is 12.3 Å². The first-order chi connectivity index (χ1) is 15.2. The van der Waals surface area contributed by atoms with Gasteiger partial charge in [0.05, 0.1) is 5.69 Å². The summed E-state index contributed by atoms with van der Waals surface area (Å²) >= 11 is 0. The number of ether oxygens (including phenoxy) is 1. The van der Waals surface area contributed by atoms with Gasteiger partial charge in [-0.25, -0.2) is 14.4 Å². The Bertz CT molecular complexity index is 1260. The van der Waals surface area contributed by atoms with E-state index in [0.717, 1.165) is 41.5 Å². The fourth-order valence-electron chi connectivity index (χ4n) is 3.82. The van der Waals surface area contributed by atoms with Gasteiger partial charge >= 0.3 is 0 Å². The monoisotopic (exact) mass is 419 g/mol. The second-order valence-electron chi connectivity index (χ2n) is 7.62. The molecule has 4 aromatic rings. The molecular weight excluding hydrogens is 397 g/mol. The Morgan fingerprint density at radius 2 is 2.03 bits per heavy atom. The number of anilines is 1. The normalized spacial score (nSPS) is 15.8. The number of benzene rings is 1. The number of alkyl halides is 1.